The molecule has 3 rings (SSSR count). The van der Waals surface area contributed by atoms with Crippen LogP contribution in [0.2, 0.25) is 0 Å². The number of ether oxygens (including phenoxy) is 1. The van der Waals surface area contributed by atoms with Crippen molar-refractivity contribution in [1.82, 2.24) is 15.1 Å². The van der Waals surface area contributed by atoms with E-state index >= 15 is 0 Å². The minimum atomic E-state index is 0. The molecule has 0 radical (unpaired) electrons. The molecule has 0 aromatic carbocycles. The van der Waals surface area contributed by atoms with Crippen molar-refractivity contribution in [3.8, 4) is 0 Å². The van der Waals surface area contributed by atoms with Gasteiger partial charge >= 0.3 is 0 Å². The molecule has 0 spiro atoms. The van der Waals surface area contributed by atoms with Crippen LogP contribution in [0.5, 0.6) is 0 Å². The molecule has 0 aromatic heterocycles. The van der Waals surface area contributed by atoms with Gasteiger partial charge in [0.15, 0.2) is 0 Å². The van der Waals surface area contributed by atoms with Crippen LogP contribution in [0.4, 0.5) is 0 Å². The second-order valence-electron chi connectivity index (χ2n) is 7.80. The van der Waals surface area contributed by atoms with Crippen LogP contribution < -0.4 is 5.32 Å². The lowest BCUT2D eigenvalue weighted by molar-refractivity contribution is -0.133. The summed E-state index contributed by atoms with van der Waals surface area (Å²) in [6.45, 7) is 10.6. The van der Waals surface area contributed by atoms with E-state index in [1.165, 1.54) is 13.0 Å². The molecule has 3 heterocycles. The Morgan fingerprint density at radius 1 is 1.08 bits per heavy atom. The number of nitrogens with one attached hydrogen (secondary N) is 1. The van der Waals surface area contributed by atoms with E-state index in [0.717, 1.165) is 57.9 Å². The summed E-state index contributed by atoms with van der Waals surface area (Å²) in [5.74, 6) is 1.10. The van der Waals surface area contributed by atoms with Crippen molar-refractivity contribution in [1.29, 1.82) is 0 Å². The van der Waals surface area contributed by atoms with E-state index in [1.807, 2.05) is 0 Å². The maximum absolute atomic E-state index is 12.4. The number of morpholine rings is 1. The Kier molecular flexibility index (Phi) is 10.0. The third-order valence-electron chi connectivity index (χ3n) is 5.56. The molecule has 3 aliphatic heterocycles. The molecule has 3 unspecified atom stereocenters. The molecule has 1 N–H and O–H groups in total. The summed E-state index contributed by atoms with van der Waals surface area (Å²) in [6, 6.07) is 0.427. The molecule has 3 aliphatic rings. The van der Waals surface area contributed by atoms with Gasteiger partial charge < -0.3 is 15.0 Å². The zero-order valence-electron chi connectivity index (χ0n) is 15.6. The SMILES string of the molecule is CC1CN(CC2CCN(C(=O)CC3CCCN3)CC2)CC(C)O1.Cl.Cl. The lowest BCUT2D eigenvalue weighted by Gasteiger charge is -2.39. The van der Waals surface area contributed by atoms with Gasteiger partial charge in [0.2, 0.25) is 5.91 Å². The molecule has 3 atom stereocenters. The molecule has 0 bridgehead atoms. The predicted octanol–water partition coefficient (Wildman–Crippen LogP) is 2.32. The number of amides is 1. The maximum atomic E-state index is 12.4. The van der Waals surface area contributed by atoms with Gasteiger partial charge in [-0.1, -0.05) is 0 Å². The fourth-order valence-corrected chi connectivity index (χ4v) is 4.43. The fourth-order valence-electron chi connectivity index (χ4n) is 4.43. The van der Waals surface area contributed by atoms with Crippen LogP contribution in [0, 0.1) is 5.92 Å². The van der Waals surface area contributed by atoms with Crippen LogP contribution in [0.3, 0.4) is 0 Å². The number of rotatable bonds is 4. The Labute approximate surface area is 165 Å². The Morgan fingerprint density at radius 2 is 1.72 bits per heavy atom. The van der Waals surface area contributed by atoms with Gasteiger partial charge in [-0.2, -0.15) is 0 Å². The number of carbonyl (C=O) groups excluding carboxylic acids is 1. The Hall–Kier alpha value is -0.0700. The van der Waals surface area contributed by atoms with Crippen molar-refractivity contribution in [3.05, 3.63) is 0 Å². The Morgan fingerprint density at radius 3 is 2.28 bits per heavy atom. The van der Waals surface area contributed by atoms with Gasteiger partial charge in [-0.05, 0) is 52.0 Å². The van der Waals surface area contributed by atoms with Gasteiger partial charge in [0.05, 0.1) is 12.2 Å². The van der Waals surface area contributed by atoms with Crippen LogP contribution >= 0.6 is 24.8 Å². The molecule has 3 fully saturated rings. The maximum Gasteiger partial charge on any atom is 0.224 e. The first-order chi connectivity index (χ1) is 11.1. The van der Waals surface area contributed by atoms with E-state index in [1.54, 1.807) is 0 Å². The van der Waals surface area contributed by atoms with Gasteiger partial charge in [0.1, 0.15) is 0 Å². The van der Waals surface area contributed by atoms with Crippen LogP contribution in [-0.4, -0.2) is 73.2 Å². The van der Waals surface area contributed by atoms with Crippen molar-refractivity contribution >= 4 is 30.7 Å². The molecule has 0 aliphatic carbocycles. The van der Waals surface area contributed by atoms with Crippen LogP contribution in [0.1, 0.15) is 46.0 Å². The minimum Gasteiger partial charge on any atom is -0.373 e. The number of nitrogens with zero attached hydrogens (tertiary/aromatic N) is 2. The molecular weight excluding hydrogens is 361 g/mol. The molecule has 0 aromatic rings. The van der Waals surface area contributed by atoms with E-state index in [-0.39, 0.29) is 24.8 Å². The van der Waals surface area contributed by atoms with E-state index in [9.17, 15) is 4.79 Å². The first kappa shape index (κ1) is 23.0. The number of piperidine rings is 1. The highest BCUT2D eigenvalue weighted by Gasteiger charge is 2.29. The first-order valence-corrected chi connectivity index (χ1v) is 9.49. The summed E-state index contributed by atoms with van der Waals surface area (Å²) >= 11 is 0. The number of hydrogen-bond donors (Lipinski definition) is 1. The zero-order chi connectivity index (χ0) is 16.2. The van der Waals surface area contributed by atoms with Gasteiger partial charge in [0.25, 0.3) is 0 Å². The molecule has 5 nitrogen and oxygen atoms in total. The monoisotopic (exact) mass is 395 g/mol. The average Bonchev–Trinajstić information content (AvgIpc) is 3.00. The lowest BCUT2D eigenvalue weighted by Crippen LogP contribution is -2.49. The Balaban J connectivity index is 0.00000156. The van der Waals surface area contributed by atoms with Crippen molar-refractivity contribution in [2.24, 2.45) is 5.92 Å². The second-order valence-corrected chi connectivity index (χ2v) is 7.80. The first-order valence-electron chi connectivity index (χ1n) is 9.49. The highest BCUT2D eigenvalue weighted by atomic mass is 35.5. The Bertz CT molecular complexity index is 390. The third-order valence-corrected chi connectivity index (χ3v) is 5.56. The summed E-state index contributed by atoms with van der Waals surface area (Å²) in [5.41, 5.74) is 0. The van der Waals surface area contributed by atoms with Crippen LogP contribution in [0.25, 0.3) is 0 Å². The normalized spacial score (nSPS) is 31.3. The van der Waals surface area contributed by atoms with E-state index < -0.39 is 0 Å². The summed E-state index contributed by atoms with van der Waals surface area (Å²) in [6.07, 6.45) is 6.09. The summed E-state index contributed by atoms with van der Waals surface area (Å²) < 4.78 is 5.82. The van der Waals surface area contributed by atoms with E-state index in [0.29, 0.717) is 30.6 Å². The summed E-state index contributed by atoms with van der Waals surface area (Å²) in [4.78, 5) is 17.1. The molecule has 0 saturated carbocycles. The van der Waals surface area contributed by atoms with Crippen molar-refractivity contribution < 1.29 is 9.53 Å². The van der Waals surface area contributed by atoms with Gasteiger partial charge in [-0.15, -0.1) is 24.8 Å². The van der Waals surface area contributed by atoms with Gasteiger partial charge in [-0.3, -0.25) is 9.69 Å². The quantitative estimate of drug-likeness (QED) is 0.792. The number of likely N-dealkylation sites (tertiary alicyclic amines) is 1. The van der Waals surface area contributed by atoms with Crippen LogP contribution in [-0.2, 0) is 9.53 Å². The molecule has 3 saturated heterocycles. The standard InChI is InChI=1S/C18H33N3O2.2ClH/c1-14-11-20(12-15(2)23-14)13-16-5-8-21(9-6-16)18(22)10-17-4-3-7-19-17;;/h14-17,19H,3-13H2,1-2H3;2*1H. The smallest absolute Gasteiger partial charge is 0.224 e. The topological polar surface area (TPSA) is 44.8 Å². The van der Waals surface area contributed by atoms with Gasteiger partial charge in [0, 0.05) is 45.2 Å². The highest BCUT2D eigenvalue weighted by Crippen LogP contribution is 2.22. The largest absolute Gasteiger partial charge is 0.373 e. The van der Waals surface area contributed by atoms with E-state index in [4.69, 9.17) is 4.74 Å². The number of carbonyl (C=O) groups is 1. The zero-order valence-corrected chi connectivity index (χ0v) is 17.2. The highest BCUT2D eigenvalue weighted by molar-refractivity contribution is 5.85. The van der Waals surface area contributed by atoms with E-state index in [2.05, 4.69) is 29.0 Å². The lowest BCUT2D eigenvalue weighted by atomic mass is 9.95. The van der Waals surface area contributed by atoms with Crippen LogP contribution in [0.15, 0.2) is 0 Å². The molecule has 25 heavy (non-hydrogen) atoms. The van der Waals surface area contributed by atoms with Crippen molar-refractivity contribution in [2.45, 2.75) is 64.2 Å². The number of hydrogen-bond acceptors (Lipinski definition) is 4. The minimum absolute atomic E-state index is 0. The third kappa shape index (κ3) is 6.87. The average molecular weight is 396 g/mol. The molecule has 148 valence electrons. The molecular formula is C18H35Cl2N3O2. The van der Waals surface area contributed by atoms with Crippen molar-refractivity contribution in [3.63, 3.8) is 0 Å². The summed E-state index contributed by atoms with van der Waals surface area (Å²) in [7, 11) is 0. The van der Waals surface area contributed by atoms with Gasteiger partial charge in [-0.25, -0.2) is 0 Å². The number of halogens is 2. The summed E-state index contributed by atoms with van der Waals surface area (Å²) in [5, 5.41) is 3.43. The fraction of sp³-hybridized carbons (Fsp3) is 0.944. The molecule has 1 amide bonds. The predicted molar refractivity (Wildman–Crippen MR) is 106 cm³/mol. The second kappa shape index (κ2) is 10.9. The van der Waals surface area contributed by atoms with Crippen molar-refractivity contribution in [2.75, 3.05) is 39.3 Å². The molecule has 7 heteroatoms.